The molecule has 0 bridgehead atoms. The van der Waals surface area contributed by atoms with E-state index in [1.807, 2.05) is 31.2 Å². The van der Waals surface area contributed by atoms with Crippen LogP contribution in [0.5, 0.6) is 0 Å². The minimum atomic E-state index is -0.798. The third-order valence-electron chi connectivity index (χ3n) is 4.39. The van der Waals surface area contributed by atoms with Gasteiger partial charge in [0.2, 0.25) is 5.91 Å². The van der Waals surface area contributed by atoms with E-state index >= 15 is 0 Å². The molecule has 1 aromatic carbocycles. The van der Waals surface area contributed by atoms with Crippen molar-refractivity contribution in [2.75, 3.05) is 11.9 Å². The van der Waals surface area contributed by atoms with Crippen molar-refractivity contribution in [3.05, 3.63) is 29.8 Å². The van der Waals surface area contributed by atoms with Crippen LogP contribution in [-0.4, -0.2) is 35.0 Å². The third-order valence-corrected chi connectivity index (χ3v) is 4.39. The quantitative estimate of drug-likeness (QED) is 0.859. The first-order valence-electron chi connectivity index (χ1n) is 7.35. The van der Waals surface area contributed by atoms with Gasteiger partial charge in [0.05, 0.1) is 0 Å². The molecule has 1 fully saturated rings. The highest BCUT2D eigenvalue weighted by molar-refractivity contribution is 5.99. The fraction of sp³-hybridized carbons (Fsp3) is 0.500. The van der Waals surface area contributed by atoms with Gasteiger partial charge in [-0.05, 0) is 38.3 Å². The molecule has 1 aromatic rings. The molecule has 2 unspecified atom stereocenters. The average molecular weight is 288 g/mol. The maximum Gasteiger partial charge on any atom is 0.255 e. The Balaban J connectivity index is 1.94. The molecule has 2 heterocycles. The first-order valence-corrected chi connectivity index (χ1v) is 7.35. The van der Waals surface area contributed by atoms with Gasteiger partial charge in [-0.2, -0.15) is 0 Å². The minimum absolute atomic E-state index is 0.0978. The molecule has 5 nitrogen and oxygen atoms in total. The fourth-order valence-corrected chi connectivity index (χ4v) is 2.98. The van der Waals surface area contributed by atoms with Crippen molar-refractivity contribution in [3.8, 4) is 0 Å². The molecule has 1 N–H and O–H groups in total. The molecule has 1 saturated heterocycles. The molecule has 0 spiro atoms. The Kier molecular flexibility index (Phi) is 3.45. The van der Waals surface area contributed by atoms with Crippen molar-refractivity contribution in [2.45, 2.75) is 44.9 Å². The number of anilines is 1. The number of rotatable bonds is 1. The summed E-state index contributed by atoms with van der Waals surface area (Å²) in [6.07, 6.45) is 1.59. The summed E-state index contributed by atoms with van der Waals surface area (Å²) in [5.74, 6) is -0.255. The molecule has 2 amide bonds. The van der Waals surface area contributed by atoms with Gasteiger partial charge in [-0.3, -0.25) is 9.59 Å². The van der Waals surface area contributed by atoms with Gasteiger partial charge < -0.3 is 15.0 Å². The van der Waals surface area contributed by atoms with Gasteiger partial charge in [-0.25, -0.2) is 0 Å². The number of para-hydroxylation sites is 1. The topological polar surface area (TPSA) is 58.6 Å². The molecular weight excluding hydrogens is 268 g/mol. The van der Waals surface area contributed by atoms with E-state index in [9.17, 15) is 9.59 Å². The van der Waals surface area contributed by atoms with Crippen molar-refractivity contribution in [1.29, 1.82) is 0 Å². The molecule has 3 rings (SSSR count). The number of ether oxygens (including phenoxy) is 1. The van der Waals surface area contributed by atoms with Crippen LogP contribution in [0.1, 0.15) is 32.3 Å². The van der Waals surface area contributed by atoms with Gasteiger partial charge in [0.15, 0.2) is 0 Å². The summed E-state index contributed by atoms with van der Waals surface area (Å²) >= 11 is 0. The lowest BCUT2D eigenvalue weighted by molar-refractivity contribution is -0.155. The van der Waals surface area contributed by atoms with Crippen molar-refractivity contribution in [1.82, 2.24) is 4.90 Å². The molecule has 112 valence electrons. The smallest absolute Gasteiger partial charge is 0.255 e. The summed E-state index contributed by atoms with van der Waals surface area (Å²) in [6.45, 7) is 4.61. The summed E-state index contributed by atoms with van der Waals surface area (Å²) in [6, 6.07) is 7.08. The van der Waals surface area contributed by atoms with E-state index in [1.54, 1.807) is 11.8 Å². The number of hydrogen-bond donors (Lipinski definition) is 1. The summed E-state index contributed by atoms with van der Waals surface area (Å²) < 4.78 is 5.64. The highest BCUT2D eigenvalue weighted by Gasteiger charge is 2.43. The first kappa shape index (κ1) is 14.1. The van der Waals surface area contributed by atoms with E-state index in [1.165, 1.54) is 0 Å². The molecule has 0 saturated carbocycles. The molecule has 0 aromatic heterocycles. The first-order chi connectivity index (χ1) is 10.0. The van der Waals surface area contributed by atoms with Crippen LogP contribution in [0, 0.1) is 0 Å². The van der Waals surface area contributed by atoms with E-state index in [2.05, 4.69) is 5.32 Å². The maximum atomic E-state index is 12.9. The number of benzene rings is 1. The highest BCUT2D eigenvalue weighted by atomic mass is 16.5. The highest BCUT2D eigenvalue weighted by Crippen LogP contribution is 2.31. The van der Waals surface area contributed by atoms with E-state index in [0.29, 0.717) is 19.6 Å². The minimum Gasteiger partial charge on any atom is -0.365 e. The summed E-state index contributed by atoms with van der Waals surface area (Å²) in [5.41, 5.74) is 0.931. The number of hydrogen-bond acceptors (Lipinski definition) is 3. The van der Waals surface area contributed by atoms with E-state index < -0.39 is 11.6 Å². The van der Waals surface area contributed by atoms with Crippen LogP contribution in [0.25, 0.3) is 0 Å². The monoisotopic (exact) mass is 288 g/mol. The van der Waals surface area contributed by atoms with Gasteiger partial charge >= 0.3 is 0 Å². The van der Waals surface area contributed by atoms with E-state index in [0.717, 1.165) is 17.7 Å². The normalized spacial score (nSPS) is 28.8. The van der Waals surface area contributed by atoms with Gasteiger partial charge in [0.25, 0.3) is 5.91 Å². The number of nitrogens with zero attached hydrogens (tertiary/aromatic N) is 1. The second-order valence-corrected chi connectivity index (χ2v) is 5.94. The Morgan fingerprint density at radius 2 is 2.19 bits per heavy atom. The zero-order valence-corrected chi connectivity index (χ0v) is 12.4. The van der Waals surface area contributed by atoms with Crippen molar-refractivity contribution >= 4 is 17.5 Å². The van der Waals surface area contributed by atoms with Gasteiger partial charge in [-0.15, -0.1) is 0 Å². The van der Waals surface area contributed by atoms with Crippen LogP contribution in [-0.2, 0) is 20.9 Å². The molecule has 2 aliphatic heterocycles. The van der Waals surface area contributed by atoms with E-state index in [-0.39, 0.29) is 11.8 Å². The zero-order chi connectivity index (χ0) is 15.0. The van der Waals surface area contributed by atoms with E-state index in [4.69, 9.17) is 4.74 Å². The van der Waals surface area contributed by atoms with Crippen LogP contribution < -0.4 is 5.32 Å². The van der Waals surface area contributed by atoms with Crippen molar-refractivity contribution in [2.24, 2.45) is 0 Å². The summed E-state index contributed by atoms with van der Waals surface area (Å²) in [7, 11) is 0. The molecular formula is C16H20N2O3. The van der Waals surface area contributed by atoms with Crippen LogP contribution in [0.4, 0.5) is 5.69 Å². The van der Waals surface area contributed by atoms with Gasteiger partial charge in [0, 0.05) is 18.8 Å². The largest absolute Gasteiger partial charge is 0.365 e. The fourth-order valence-electron chi connectivity index (χ4n) is 2.98. The Bertz CT molecular complexity index is 579. The van der Waals surface area contributed by atoms with Crippen LogP contribution >= 0.6 is 0 Å². The Morgan fingerprint density at radius 3 is 2.90 bits per heavy atom. The van der Waals surface area contributed by atoms with Gasteiger partial charge in [-0.1, -0.05) is 18.2 Å². The SMILES string of the molecule is CC1C(=O)Nc2ccccc2CN1C(=O)C1(C)CCCO1. The third kappa shape index (κ3) is 2.42. The lowest BCUT2D eigenvalue weighted by Crippen LogP contribution is -2.52. The molecule has 2 aliphatic rings. The maximum absolute atomic E-state index is 12.9. The predicted octanol–water partition coefficient (Wildman–Crippen LogP) is 1.92. The lowest BCUT2D eigenvalue weighted by Gasteiger charge is -2.33. The molecule has 21 heavy (non-hydrogen) atoms. The Hall–Kier alpha value is -1.88. The number of fused-ring (bicyclic) bond motifs is 1. The summed E-state index contributed by atoms with van der Waals surface area (Å²) in [4.78, 5) is 26.8. The van der Waals surface area contributed by atoms with Crippen molar-refractivity contribution < 1.29 is 14.3 Å². The Labute approximate surface area is 124 Å². The van der Waals surface area contributed by atoms with Crippen LogP contribution in [0.2, 0.25) is 0 Å². The summed E-state index contributed by atoms with van der Waals surface area (Å²) in [5, 5.41) is 2.89. The molecule has 0 radical (unpaired) electrons. The number of nitrogens with one attached hydrogen (secondary N) is 1. The Morgan fingerprint density at radius 1 is 1.43 bits per heavy atom. The molecule has 2 atom stereocenters. The van der Waals surface area contributed by atoms with Crippen molar-refractivity contribution in [3.63, 3.8) is 0 Å². The standard InChI is InChI=1S/C16H20N2O3/c1-11-14(19)17-13-7-4-3-6-12(13)10-18(11)15(20)16(2)8-5-9-21-16/h3-4,6-7,11H,5,8-10H2,1-2H3,(H,17,19). The van der Waals surface area contributed by atoms with Gasteiger partial charge in [0.1, 0.15) is 11.6 Å². The molecule has 0 aliphatic carbocycles. The zero-order valence-electron chi connectivity index (χ0n) is 12.4. The number of carbonyl (C=O) groups excluding carboxylic acids is 2. The second-order valence-electron chi connectivity index (χ2n) is 5.94. The number of amides is 2. The predicted molar refractivity (Wildman–Crippen MR) is 78.7 cm³/mol. The van der Waals surface area contributed by atoms with Crippen LogP contribution in [0.15, 0.2) is 24.3 Å². The average Bonchev–Trinajstić information content (AvgIpc) is 2.88. The molecule has 5 heteroatoms. The number of carbonyl (C=O) groups is 2. The van der Waals surface area contributed by atoms with Crippen LogP contribution in [0.3, 0.4) is 0 Å². The second kappa shape index (κ2) is 5.15. The lowest BCUT2D eigenvalue weighted by atomic mass is 9.99.